The Kier molecular flexibility index (Phi) is 3.76. The second-order valence-electron chi connectivity index (χ2n) is 5.35. The van der Waals surface area contributed by atoms with E-state index in [4.69, 9.17) is 0 Å². The third kappa shape index (κ3) is 2.35. The summed E-state index contributed by atoms with van der Waals surface area (Å²) in [6, 6.07) is 26.2. The molecule has 1 heteroatoms. The van der Waals surface area contributed by atoms with Crippen molar-refractivity contribution >= 4 is 21.5 Å². The van der Waals surface area contributed by atoms with Gasteiger partial charge in [0.2, 0.25) is 0 Å². The van der Waals surface area contributed by atoms with Crippen LogP contribution in [0.4, 0.5) is 0 Å². The topological polar surface area (TPSA) is 0 Å². The van der Waals surface area contributed by atoms with E-state index >= 15 is 0 Å². The summed E-state index contributed by atoms with van der Waals surface area (Å²) in [4.78, 5) is 0. The van der Waals surface area contributed by atoms with Gasteiger partial charge in [0, 0.05) is 21.7 Å². The molecule has 0 unspecified atom stereocenters. The predicted octanol–water partition coefficient (Wildman–Crippen LogP) is 5.68. The smallest absolute Gasteiger partial charge is 0 e. The minimum absolute atomic E-state index is 0. The second-order valence-corrected chi connectivity index (χ2v) is 5.35. The monoisotopic (exact) mass is 303 g/mol. The van der Waals surface area contributed by atoms with Gasteiger partial charge in [0.15, 0.2) is 0 Å². The van der Waals surface area contributed by atoms with Gasteiger partial charge in [0.05, 0.1) is 0 Å². The Morgan fingerprint density at radius 1 is 0.762 bits per heavy atom. The molecule has 0 amide bonds. The van der Waals surface area contributed by atoms with Crippen molar-refractivity contribution in [2.75, 3.05) is 0 Å². The number of rotatable bonds is 1. The van der Waals surface area contributed by atoms with Crippen LogP contribution in [0.5, 0.6) is 0 Å². The molecule has 0 saturated carbocycles. The van der Waals surface area contributed by atoms with Crippen molar-refractivity contribution < 1.29 is 21.7 Å². The molecule has 0 aliphatic rings. The summed E-state index contributed by atoms with van der Waals surface area (Å²) < 4.78 is 0. The van der Waals surface area contributed by atoms with Gasteiger partial charge in [-0.15, -0.1) is 34.5 Å². The SMILES string of the molecule is Cc1ccc(-c2cc3ccccc3[cH-]2)c2ccccc12.[Ti]. The van der Waals surface area contributed by atoms with E-state index in [2.05, 4.69) is 79.7 Å². The van der Waals surface area contributed by atoms with Crippen LogP contribution in [-0.4, -0.2) is 0 Å². The van der Waals surface area contributed by atoms with E-state index in [9.17, 15) is 0 Å². The van der Waals surface area contributed by atoms with Crippen LogP contribution in [0.1, 0.15) is 5.56 Å². The first-order valence-electron chi connectivity index (χ1n) is 6.97. The van der Waals surface area contributed by atoms with Crippen molar-refractivity contribution in [3.05, 3.63) is 78.4 Å². The molecule has 4 aromatic carbocycles. The van der Waals surface area contributed by atoms with Crippen LogP contribution in [0.25, 0.3) is 32.7 Å². The number of benzene rings is 3. The molecule has 100 valence electrons. The molecule has 4 aromatic rings. The van der Waals surface area contributed by atoms with E-state index in [-0.39, 0.29) is 21.7 Å². The first-order chi connectivity index (χ1) is 9.83. The molecule has 0 radical (unpaired) electrons. The Hall–Kier alpha value is -1.76. The Labute approximate surface area is 139 Å². The number of hydrogen-bond acceptors (Lipinski definition) is 0. The maximum absolute atomic E-state index is 2.28. The maximum atomic E-state index is 2.28. The van der Waals surface area contributed by atoms with E-state index < -0.39 is 0 Å². The van der Waals surface area contributed by atoms with Crippen molar-refractivity contribution in [2.24, 2.45) is 0 Å². The van der Waals surface area contributed by atoms with E-state index in [1.165, 1.54) is 38.2 Å². The molecule has 0 saturated heterocycles. The van der Waals surface area contributed by atoms with Crippen molar-refractivity contribution in [1.29, 1.82) is 0 Å². The van der Waals surface area contributed by atoms with Crippen molar-refractivity contribution in [3.8, 4) is 11.1 Å². The molecular weight excluding hydrogens is 288 g/mol. The Morgan fingerprint density at radius 2 is 1.48 bits per heavy atom. The van der Waals surface area contributed by atoms with E-state index in [0.29, 0.717) is 0 Å². The average molecular weight is 303 g/mol. The molecule has 0 aliphatic carbocycles. The van der Waals surface area contributed by atoms with Gasteiger partial charge >= 0.3 is 0 Å². The summed E-state index contributed by atoms with van der Waals surface area (Å²) in [7, 11) is 0. The Morgan fingerprint density at radius 3 is 2.29 bits per heavy atom. The fourth-order valence-corrected chi connectivity index (χ4v) is 3.01. The van der Waals surface area contributed by atoms with Gasteiger partial charge in [-0.2, -0.15) is 0 Å². The zero-order chi connectivity index (χ0) is 13.5. The largest absolute Gasteiger partial charge is 0.145 e. The van der Waals surface area contributed by atoms with Crippen molar-refractivity contribution in [2.45, 2.75) is 6.92 Å². The predicted molar refractivity (Wildman–Crippen MR) is 87.2 cm³/mol. The maximum Gasteiger partial charge on any atom is 0 e. The summed E-state index contributed by atoms with van der Waals surface area (Å²) in [5.74, 6) is 0. The summed E-state index contributed by atoms with van der Waals surface area (Å²) in [5, 5.41) is 5.30. The first-order valence-corrected chi connectivity index (χ1v) is 6.97. The van der Waals surface area contributed by atoms with Crippen LogP contribution in [0, 0.1) is 6.92 Å². The van der Waals surface area contributed by atoms with E-state index in [1.54, 1.807) is 0 Å². The average Bonchev–Trinajstić information content (AvgIpc) is 2.91. The van der Waals surface area contributed by atoms with Gasteiger partial charge in [0.25, 0.3) is 0 Å². The summed E-state index contributed by atoms with van der Waals surface area (Å²) >= 11 is 0. The second kappa shape index (κ2) is 5.56. The van der Waals surface area contributed by atoms with Crippen molar-refractivity contribution in [1.82, 2.24) is 0 Å². The Balaban J connectivity index is 0.00000132. The summed E-state index contributed by atoms with van der Waals surface area (Å²) in [5.41, 5.74) is 3.96. The molecule has 0 N–H and O–H groups in total. The molecule has 0 spiro atoms. The van der Waals surface area contributed by atoms with Gasteiger partial charge in [-0.05, 0) is 23.3 Å². The van der Waals surface area contributed by atoms with E-state index in [1.807, 2.05) is 0 Å². The summed E-state index contributed by atoms with van der Waals surface area (Å²) in [6.45, 7) is 2.17. The number of hydrogen-bond donors (Lipinski definition) is 0. The Bertz CT molecular complexity index is 882. The normalized spacial score (nSPS) is 10.7. The first kappa shape index (κ1) is 14.2. The van der Waals surface area contributed by atoms with Gasteiger partial charge < -0.3 is 0 Å². The molecule has 0 nitrogen and oxygen atoms in total. The molecular formula is C20H15Ti-. The van der Waals surface area contributed by atoms with Crippen LogP contribution in [0.2, 0.25) is 0 Å². The van der Waals surface area contributed by atoms with Gasteiger partial charge in [-0.3, -0.25) is 0 Å². The van der Waals surface area contributed by atoms with Gasteiger partial charge in [0.1, 0.15) is 0 Å². The third-order valence-corrected chi connectivity index (χ3v) is 4.07. The number of fused-ring (bicyclic) bond motifs is 2. The zero-order valence-corrected chi connectivity index (χ0v) is 13.5. The van der Waals surface area contributed by atoms with Crippen LogP contribution in [0.3, 0.4) is 0 Å². The fraction of sp³-hybridized carbons (Fsp3) is 0.0500. The fourth-order valence-electron chi connectivity index (χ4n) is 3.01. The summed E-state index contributed by atoms with van der Waals surface area (Å²) in [6.07, 6.45) is 0. The third-order valence-electron chi connectivity index (χ3n) is 4.07. The number of aryl methyl sites for hydroxylation is 1. The molecule has 4 rings (SSSR count). The molecule has 0 atom stereocenters. The molecule has 0 fully saturated rings. The van der Waals surface area contributed by atoms with Crippen LogP contribution >= 0.6 is 0 Å². The zero-order valence-electron chi connectivity index (χ0n) is 11.9. The van der Waals surface area contributed by atoms with Crippen LogP contribution < -0.4 is 0 Å². The van der Waals surface area contributed by atoms with Crippen molar-refractivity contribution in [3.63, 3.8) is 0 Å². The molecule has 0 aromatic heterocycles. The molecule has 21 heavy (non-hydrogen) atoms. The van der Waals surface area contributed by atoms with Crippen LogP contribution in [-0.2, 0) is 21.7 Å². The quantitative estimate of drug-likeness (QED) is 0.313. The molecule has 0 heterocycles. The van der Waals surface area contributed by atoms with Crippen LogP contribution in [0.15, 0.2) is 72.8 Å². The molecule has 0 bridgehead atoms. The standard InChI is InChI=1S/C20H15.Ti/c1-14-10-11-19(20-9-5-4-8-18(14)20)17-12-15-6-2-3-7-16(15)13-17;/h2-13H,1H3;/q-1;. The van der Waals surface area contributed by atoms with E-state index in [0.717, 1.165) is 0 Å². The minimum Gasteiger partial charge on any atom is -0.145 e. The van der Waals surface area contributed by atoms with Gasteiger partial charge in [-0.1, -0.05) is 60.2 Å². The molecule has 0 aliphatic heterocycles. The van der Waals surface area contributed by atoms with Gasteiger partial charge in [-0.25, -0.2) is 0 Å². The minimum atomic E-state index is 0.